The van der Waals surface area contributed by atoms with E-state index >= 15 is 0 Å². The van der Waals surface area contributed by atoms with Crippen LogP contribution in [0.3, 0.4) is 0 Å². The van der Waals surface area contributed by atoms with Crippen LogP contribution in [-0.2, 0) is 10.0 Å². The van der Waals surface area contributed by atoms with Gasteiger partial charge in [0.15, 0.2) is 0 Å². The van der Waals surface area contributed by atoms with E-state index in [0.29, 0.717) is 12.8 Å². The van der Waals surface area contributed by atoms with Crippen molar-refractivity contribution in [2.24, 2.45) is 4.40 Å². The Hall–Kier alpha value is -0.790. The SMILES string of the molecule is CCCCCCCCCCCCC/C([O-])=N/S(=O)(=O)C(F)(F)F. The quantitative estimate of drug-likeness (QED) is 0.280. The largest absolute Gasteiger partial charge is 0.861 e. The van der Waals surface area contributed by atoms with Gasteiger partial charge in [-0.3, -0.25) is 0 Å². The second kappa shape index (κ2) is 11.7. The minimum Gasteiger partial charge on any atom is -0.861 e. The van der Waals surface area contributed by atoms with Gasteiger partial charge in [-0.05, 0) is 18.7 Å². The Morgan fingerprint density at radius 3 is 1.65 bits per heavy atom. The Balaban J connectivity index is 3.66. The van der Waals surface area contributed by atoms with Crippen molar-refractivity contribution in [3.05, 3.63) is 0 Å². The van der Waals surface area contributed by atoms with Crippen molar-refractivity contribution in [3.63, 3.8) is 0 Å². The molecule has 4 nitrogen and oxygen atoms in total. The Kier molecular flexibility index (Phi) is 11.3. The molecule has 8 heteroatoms. The summed E-state index contributed by atoms with van der Waals surface area (Å²) in [5.74, 6) is -1.22. The van der Waals surface area contributed by atoms with Crippen molar-refractivity contribution in [2.45, 2.75) is 89.5 Å². The summed E-state index contributed by atoms with van der Waals surface area (Å²) < 4.78 is 59.6. The van der Waals surface area contributed by atoms with Crippen molar-refractivity contribution >= 4 is 15.9 Å². The van der Waals surface area contributed by atoms with Crippen molar-refractivity contribution in [1.29, 1.82) is 0 Å². The molecule has 0 unspecified atom stereocenters. The minimum atomic E-state index is -5.69. The number of hydrogen-bond acceptors (Lipinski definition) is 3. The second-order valence-corrected chi connectivity index (χ2v) is 7.29. The zero-order valence-electron chi connectivity index (χ0n) is 13.7. The maximum Gasteiger partial charge on any atom is 0.518 e. The Bertz CT molecular complexity index is 434. The van der Waals surface area contributed by atoms with Gasteiger partial charge in [0.05, 0.1) is 0 Å². The lowest BCUT2D eigenvalue weighted by Gasteiger charge is -2.11. The summed E-state index contributed by atoms with van der Waals surface area (Å²) in [6, 6.07) is 0. The fourth-order valence-electron chi connectivity index (χ4n) is 2.17. The number of unbranched alkanes of at least 4 members (excludes halogenated alkanes) is 10. The Labute approximate surface area is 137 Å². The smallest absolute Gasteiger partial charge is 0.518 e. The highest BCUT2D eigenvalue weighted by Gasteiger charge is 2.45. The average Bonchev–Trinajstić information content (AvgIpc) is 2.43. The fraction of sp³-hybridized carbons (Fsp3) is 0.933. The summed E-state index contributed by atoms with van der Waals surface area (Å²) in [4.78, 5) is 0. The maximum atomic E-state index is 12.0. The van der Waals surface area contributed by atoms with Crippen molar-refractivity contribution < 1.29 is 26.7 Å². The summed E-state index contributed by atoms with van der Waals surface area (Å²) >= 11 is 0. The molecule has 0 bridgehead atoms. The van der Waals surface area contributed by atoms with Crippen LogP contribution in [0.1, 0.15) is 84.0 Å². The third kappa shape index (κ3) is 11.4. The van der Waals surface area contributed by atoms with E-state index in [1.165, 1.54) is 38.5 Å². The fourth-order valence-corrected chi connectivity index (χ4v) is 2.63. The molecule has 0 atom stereocenters. The lowest BCUT2D eigenvalue weighted by Crippen LogP contribution is -2.26. The van der Waals surface area contributed by atoms with E-state index < -0.39 is 21.4 Å². The highest BCUT2D eigenvalue weighted by atomic mass is 32.2. The van der Waals surface area contributed by atoms with E-state index in [4.69, 9.17) is 0 Å². The molecule has 0 saturated heterocycles. The number of alkyl halides is 3. The molecule has 0 heterocycles. The third-order valence-electron chi connectivity index (χ3n) is 3.51. The van der Waals surface area contributed by atoms with E-state index in [2.05, 4.69) is 11.3 Å². The first-order chi connectivity index (χ1) is 10.7. The van der Waals surface area contributed by atoms with Crippen LogP contribution in [0.25, 0.3) is 0 Å². The van der Waals surface area contributed by atoms with Crippen molar-refractivity contribution in [2.75, 3.05) is 0 Å². The number of sulfonamides is 1. The predicted octanol–water partition coefficient (Wildman–Crippen LogP) is 4.30. The van der Waals surface area contributed by atoms with Gasteiger partial charge < -0.3 is 5.11 Å². The van der Waals surface area contributed by atoms with Crippen LogP contribution in [0.2, 0.25) is 0 Å². The van der Waals surface area contributed by atoms with Gasteiger partial charge >= 0.3 is 15.5 Å². The van der Waals surface area contributed by atoms with Crippen molar-refractivity contribution in [1.82, 2.24) is 0 Å². The van der Waals surface area contributed by atoms with Crippen LogP contribution >= 0.6 is 0 Å². The molecule has 0 aliphatic rings. The van der Waals surface area contributed by atoms with Crippen molar-refractivity contribution in [3.8, 4) is 0 Å². The topological polar surface area (TPSA) is 69.6 Å². The molecule has 0 aromatic carbocycles. The lowest BCUT2D eigenvalue weighted by atomic mass is 10.1. The van der Waals surface area contributed by atoms with E-state index in [1.54, 1.807) is 0 Å². The molecular weight excluding hydrogens is 331 g/mol. The number of halogens is 3. The minimum absolute atomic E-state index is 0.258. The maximum absolute atomic E-state index is 12.0. The number of hydrogen-bond donors (Lipinski definition) is 0. The molecule has 0 aliphatic heterocycles. The summed E-state index contributed by atoms with van der Waals surface area (Å²) in [6.45, 7) is 2.18. The van der Waals surface area contributed by atoms with Gasteiger partial charge in [0.2, 0.25) is 0 Å². The van der Waals surface area contributed by atoms with Gasteiger partial charge in [0.1, 0.15) is 0 Å². The van der Waals surface area contributed by atoms with Crippen LogP contribution in [0, 0.1) is 0 Å². The zero-order chi connectivity index (χ0) is 17.8. The van der Waals surface area contributed by atoms with E-state index in [9.17, 15) is 26.7 Å². The Morgan fingerprint density at radius 1 is 0.870 bits per heavy atom. The highest BCUT2D eigenvalue weighted by molar-refractivity contribution is 7.91. The van der Waals surface area contributed by atoms with Crippen LogP contribution in [0.5, 0.6) is 0 Å². The molecule has 0 radical (unpaired) electrons. The van der Waals surface area contributed by atoms with Crippen LogP contribution in [0.4, 0.5) is 13.2 Å². The second-order valence-electron chi connectivity index (χ2n) is 5.69. The van der Waals surface area contributed by atoms with Gasteiger partial charge in [0, 0.05) is 0 Å². The molecule has 0 aliphatic carbocycles. The third-order valence-corrected chi connectivity index (χ3v) is 4.54. The van der Waals surface area contributed by atoms with E-state index in [-0.39, 0.29) is 6.42 Å². The van der Waals surface area contributed by atoms with E-state index in [1.807, 2.05) is 0 Å². The summed E-state index contributed by atoms with van der Waals surface area (Å²) in [6.07, 6.45) is 11.3. The highest BCUT2D eigenvalue weighted by Crippen LogP contribution is 2.24. The van der Waals surface area contributed by atoms with Gasteiger partial charge in [-0.15, -0.1) is 0 Å². The monoisotopic (exact) mass is 358 g/mol. The summed E-state index contributed by atoms with van der Waals surface area (Å²) in [5.41, 5.74) is -5.50. The van der Waals surface area contributed by atoms with Crippen LogP contribution in [-0.4, -0.2) is 19.8 Å². The van der Waals surface area contributed by atoms with Gasteiger partial charge in [-0.2, -0.15) is 26.0 Å². The molecule has 0 aromatic rings. The summed E-state index contributed by atoms with van der Waals surface area (Å²) in [7, 11) is -5.69. The molecule has 138 valence electrons. The molecule has 0 aromatic heterocycles. The molecule has 0 saturated carbocycles. The van der Waals surface area contributed by atoms with Crippen LogP contribution in [0.15, 0.2) is 4.40 Å². The first kappa shape index (κ1) is 22.2. The van der Waals surface area contributed by atoms with Gasteiger partial charge in [-0.25, -0.2) is 0 Å². The standard InChI is InChI=1S/C15H28F3NO3S/c1-2-3-4-5-6-7-8-9-10-11-12-13-14(20)19-23(21,22)15(16,17)18/h2-13H2,1H3,(H,19,20)/p-1. The predicted molar refractivity (Wildman–Crippen MR) is 83.5 cm³/mol. The molecule has 0 amide bonds. The van der Waals surface area contributed by atoms with Crippen LogP contribution < -0.4 is 5.11 Å². The number of nitrogens with zero attached hydrogens (tertiary/aromatic N) is 1. The first-order valence-corrected chi connectivity index (χ1v) is 9.72. The van der Waals surface area contributed by atoms with Gasteiger partial charge in [0.25, 0.3) is 0 Å². The lowest BCUT2D eigenvalue weighted by molar-refractivity contribution is -0.218. The normalized spacial score (nSPS) is 13.5. The molecule has 0 N–H and O–H groups in total. The zero-order valence-corrected chi connectivity index (χ0v) is 14.5. The summed E-state index contributed by atoms with van der Waals surface area (Å²) in [5, 5.41) is 11.1. The van der Waals surface area contributed by atoms with E-state index in [0.717, 1.165) is 19.3 Å². The average molecular weight is 358 g/mol. The molecule has 0 fully saturated rings. The molecule has 23 heavy (non-hydrogen) atoms. The molecule has 0 spiro atoms. The number of rotatable bonds is 13. The molecule has 0 rings (SSSR count). The van der Waals surface area contributed by atoms with Gasteiger partial charge in [-0.1, -0.05) is 71.1 Å². The Morgan fingerprint density at radius 2 is 1.26 bits per heavy atom. The molecular formula is C15H27F3NO3S-. The first-order valence-electron chi connectivity index (χ1n) is 8.28.